The van der Waals surface area contributed by atoms with Crippen LogP contribution in [0.15, 0.2) is 24.3 Å². The molecule has 1 amide bonds. The molecule has 0 radical (unpaired) electrons. The van der Waals surface area contributed by atoms with Gasteiger partial charge in [0.25, 0.3) is 0 Å². The third-order valence-electron chi connectivity index (χ3n) is 3.78. The Balaban J connectivity index is 0. The maximum Gasteiger partial charge on any atom is 0.220 e. The number of rotatable bonds is 16. The highest BCUT2D eigenvalue weighted by molar-refractivity contribution is 5.80. The van der Waals surface area contributed by atoms with Crippen molar-refractivity contribution < 1.29 is 14.7 Å². The SMILES string of the molecule is CCCCC/C=C\C/C=C\CCCCCCCC(=O)NCC(=O)[O-].[NH4+]. The zero-order valence-electron chi connectivity index (χ0n) is 16.2. The van der Waals surface area contributed by atoms with Crippen molar-refractivity contribution in [1.82, 2.24) is 11.5 Å². The lowest BCUT2D eigenvalue weighted by Gasteiger charge is -2.05. The van der Waals surface area contributed by atoms with Crippen molar-refractivity contribution in [3.63, 3.8) is 0 Å². The summed E-state index contributed by atoms with van der Waals surface area (Å²) >= 11 is 0. The Kier molecular flexibility index (Phi) is 20.9. The van der Waals surface area contributed by atoms with Crippen LogP contribution in [0.4, 0.5) is 0 Å². The molecule has 146 valence electrons. The van der Waals surface area contributed by atoms with Crippen molar-refractivity contribution >= 4 is 11.9 Å². The van der Waals surface area contributed by atoms with E-state index in [0.29, 0.717) is 6.42 Å². The fourth-order valence-electron chi connectivity index (χ4n) is 2.36. The predicted molar refractivity (Wildman–Crippen MR) is 103 cm³/mol. The van der Waals surface area contributed by atoms with Crippen LogP contribution in [0.3, 0.4) is 0 Å². The molecule has 0 aliphatic rings. The van der Waals surface area contributed by atoms with E-state index in [1.807, 2.05) is 0 Å². The molecule has 0 saturated carbocycles. The van der Waals surface area contributed by atoms with E-state index in [4.69, 9.17) is 0 Å². The Morgan fingerprint density at radius 2 is 1.40 bits per heavy atom. The number of allylic oxidation sites excluding steroid dienone is 4. The molecule has 0 heterocycles. The molecule has 0 spiro atoms. The Labute approximate surface area is 153 Å². The second kappa shape index (κ2) is 20.4. The first kappa shape index (κ1) is 25.6. The first-order chi connectivity index (χ1) is 11.7. The largest absolute Gasteiger partial charge is 0.548 e. The Morgan fingerprint density at radius 1 is 0.840 bits per heavy atom. The summed E-state index contributed by atoms with van der Waals surface area (Å²) in [6.45, 7) is 1.84. The summed E-state index contributed by atoms with van der Waals surface area (Å²) in [4.78, 5) is 21.4. The molecule has 5 N–H and O–H groups in total. The summed E-state index contributed by atoms with van der Waals surface area (Å²) in [6, 6.07) is 0. The van der Waals surface area contributed by atoms with Crippen molar-refractivity contribution in [2.24, 2.45) is 0 Å². The van der Waals surface area contributed by atoms with Crippen LogP contribution in [0.25, 0.3) is 0 Å². The second-order valence-electron chi connectivity index (χ2n) is 6.13. The average Bonchev–Trinajstić information content (AvgIpc) is 2.56. The molecule has 0 bridgehead atoms. The fraction of sp³-hybridized carbons (Fsp3) is 0.700. The van der Waals surface area contributed by atoms with Crippen LogP contribution in [0.1, 0.15) is 84.0 Å². The molecule has 5 heteroatoms. The minimum Gasteiger partial charge on any atom is -0.548 e. The summed E-state index contributed by atoms with van der Waals surface area (Å²) in [6.07, 6.45) is 22.0. The highest BCUT2D eigenvalue weighted by Crippen LogP contribution is 2.08. The minimum absolute atomic E-state index is 0. The lowest BCUT2D eigenvalue weighted by Crippen LogP contribution is -2.37. The van der Waals surface area contributed by atoms with E-state index in [9.17, 15) is 14.7 Å². The van der Waals surface area contributed by atoms with Crippen molar-refractivity contribution in [1.29, 1.82) is 0 Å². The zero-order chi connectivity index (χ0) is 17.9. The lowest BCUT2D eigenvalue weighted by molar-refractivity contribution is -0.304. The summed E-state index contributed by atoms with van der Waals surface area (Å²) < 4.78 is 0. The van der Waals surface area contributed by atoms with Crippen molar-refractivity contribution in [3.8, 4) is 0 Å². The molecule has 0 aromatic heterocycles. The van der Waals surface area contributed by atoms with Gasteiger partial charge in [0.1, 0.15) is 0 Å². The highest BCUT2D eigenvalue weighted by Gasteiger charge is 2.00. The molecule has 0 atom stereocenters. The van der Waals surface area contributed by atoms with Crippen molar-refractivity contribution in [3.05, 3.63) is 24.3 Å². The van der Waals surface area contributed by atoms with Gasteiger partial charge in [0.2, 0.25) is 5.91 Å². The Bertz CT molecular complexity index is 379. The summed E-state index contributed by atoms with van der Waals surface area (Å²) in [5, 5.41) is 12.5. The number of carboxylic acids is 1. The van der Waals surface area contributed by atoms with E-state index in [2.05, 4.69) is 36.5 Å². The monoisotopic (exact) mass is 354 g/mol. The van der Waals surface area contributed by atoms with Gasteiger partial charge in [0.05, 0.1) is 12.5 Å². The van der Waals surface area contributed by atoms with Gasteiger partial charge >= 0.3 is 0 Å². The van der Waals surface area contributed by atoms with Gasteiger partial charge in [0, 0.05) is 6.42 Å². The normalized spacial score (nSPS) is 10.9. The van der Waals surface area contributed by atoms with Gasteiger partial charge in [0.15, 0.2) is 0 Å². The van der Waals surface area contributed by atoms with Gasteiger partial charge < -0.3 is 21.4 Å². The van der Waals surface area contributed by atoms with Crippen molar-refractivity contribution in [2.75, 3.05) is 6.54 Å². The topological polar surface area (TPSA) is 106 Å². The van der Waals surface area contributed by atoms with E-state index < -0.39 is 5.97 Å². The standard InChI is InChI=1S/C20H35NO3.H3N/c1-2-3-4-5-6-7-8-9-10-11-12-13-14-15-16-17-19(22)21-18-20(23)24;/h6-7,9-10H,2-5,8,11-18H2,1H3,(H,21,22)(H,23,24);1H3/b7-6-,10-9-;. The molecule has 0 unspecified atom stereocenters. The lowest BCUT2D eigenvalue weighted by atomic mass is 10.1. The third kappa shape index (κ3) is 22.4. The molecule has 25 heavy (non-hydrogen) atoms. The molecule has 0 aliphatic carbocycles. The average molecular weight is 355 g/mol. The zero-order valence-corrected chi connectivity index (χ0v) is 16.2. The molecule has 0 aromatic carbocycles. The van der Waals surface area contributed by atoms with E-state index in [-0.39, 0.29) is 18.6 Å². The van der Waals surface area contributed by atoms with Gasteiger partial charge in [-0.2, -0.15) is 0 Å². The molecule has 0 fully saturated rings. The van der Waals surface area contributed by atoms with E-state index in [0.717, 1.165) is 32.1 Å². The van der Waals surface area contributed by atoms with Gasteiger partial charge in [-0.3, -0.25) is 4.79 Å². The number of carbonyl (C=O) groups is 2. The first-order valence-electron chi connectivity index (χ1n) is 9.43. The van der Waals surface area contributed by atoms with E-state index in [1.54, 1.807) is 0 Å². The summed E-state index contributed by atoms with van der Waals surface area (Å²) in [5.74, 6) is -1.45. The minimum atomic E-state index is -1.25. The number of aliphatic carboxylic acids is 1. The third-order valence-corrected chi connectivity index (χ3v) is 3.78. The second-order valence-corrected chi connectivity index (χ2v) is 6.13. The molecular weight excluding hydrogens is 316 g/mol. The fourth-order valence-corrected chi connectivity index (χ4v) is 2.36. The molecule has 0 saturated heterocycles. The van der Waals surface area contributed by atoms with E-state index in [1.165, 1.54) is 38.5 Å². The number of unbranched alkanes of at least 4 members (excludes halogenated alkanes) is 8. The Hall–Kier alpha value is -1.62. The van der Waals surface area contributed by atoms with Crippen LogP contribution >= 0.6 is 0 Å². The quantitative estimate of drug-likeness (QED) is 0.322. The van der Waals surface area contributed by atoms with E-state index >= 15 is 0 Å². The maximum atomic E-state index is 11.3. The number of carbonyl (C=O) groups excluding carboxylic acids is 2. The number of hydrogen-bond acceptors (Lipinski definition) is 3. The number of carboxylic acid groups (broad SMARTS) is 1. The molecular formula is C20H38N2O3. The first-order valence-corrected chi connectivity index (χ1v) is 9.43. The van der Waals surface area contributed by atoms with Crippen LogP contribution in [0.2, 0.25) is 0 Å². The van der Waals surface area contributed by atoms with Crippen LogP contribution in [-0.4, -0.2) is 18.4 Å². The van der Waals surface area contributed by atoms with Crippen LogP contribution < -0.4 is 16.6 Å². The number of quaternary nitrogens is 1. The number of nitrogens with one attached hydrogen (secondary N) is 1. The van der Waals surface area contributed by atoms with Crippen molar-refractivity contribution in [2.45, 2.75) is 84.0 Å². The van der Waals surface area contributed by atoms with Crippen LogP contribution in [0, 0.1) is 0 Å². The summed E-state index contributed by atoms with van der Waals surface area (Å²) in [5.41, 5.74) is 0. The molecule has 0 aromatic rings. The predicted octanol–water partition coefficient (Wildman–Crippen LogP) is 4.04. The van der Waals surface area contributed by atoms with Gasteiger partial charge in [-0.25, -0.2) is 0 Å². The van der Waals surface area contributed by atoms with Gasteiger partial charge in [-0.1, -0.05) is 63.3 Å². The molecule has 0 rings (SSSR count). The highest BCUT2D eigenvalue weighted by atomic mass is 16.4. The maximum absolute atomic E-state index is 11.3. The Morgan fingerprint density at radius 3 is 2.00 bits per heavy atom. The number of hydrogen-bond donors (Lipinski definition) is 2. The van der Waals surface area contributed by atoms with Gasteiger partial charge in [-0.05, 0) is 38.5 Å². The molecule has 5 nitrogen and oxygen atoms in total. The van der Waals surface area contributed by atoms with Crippen LogP contribution in [0.5, 0.6) is 0 Å². The molecule has 0 aliphatic heterocycles. The van der Waals surface area contributed by atoms with Gasteiger partial charge in [-0.15, -0.1) is 0 Å². The van der Waals surface area contributed by atoms with Crippen LogP contribution in [-0.2, 0) is 9.59 Å². The number of amides is 1. The smallest absolute Gasteiger partial charge is 0.220 e. The summed E-state index contributed by atoms with van der Waals surface area (Å²) in [7, 11) is 0.